The highest BCUT2D eigenvalue weighted by atomic mass is 19.1. The number of cyclic esters (lactones) is 1. The molecule has 1 aromatic heterocycles. The summed E-state index contributed by atoms with van der Waals surface area (Å²) in [7, 11) is 0. The number of alkyl halides is 1. The van der Waals surface area contributed by atoms with Crippen LogP contribution in [0.2, 0.25) is 0 Å². The third-order valence-electron chi connectivity index (χ3n) is 8.68. The molecule has 2 amide bonds. The zero-order chi connectivity index (χ0) is 27.7. The van der Waals surface area contributed by atoms with Gasteiger partial charge in [-0.15, -0.1) is 0 Å². The smallest absolute Gasteiger partial charge is 0.410 e. The molecular formula is C32H35FN4O3. The molecule has 40 heavy (non-hydrogen) atoms. The van der Waals surface area contributed by atoms with Gasteiger partial charge in [0, 0.05) is 42.0 Å². The monoisotopic (exact) mass is 542 g/mol. The number of ether oxygens (including phenoxy) is 1. The molecule has 0 spiro atoms. The van der Waals surface area contributed by atoms with E-state index >= 15 is 0 Å². The number of halogens is 1. The van der Waals surface area contributed by atoms with E-state index in [9.17, 15) is 14.0 Å². The Hall–Kier alpha value is -3.78. The van der Waals surface area contributed by atoms with E-state index in [1.54, 1.807) is 6.20 Å². The SMILES string of the molecule is N[C@]1(c2ccc(-c3ncc(NC(=O)C[C@H]4CC[C@H](N5CCOC5=O)CC4)cc3-c3ccccc3)cc2)C[C@@H](F)C1. The maximum atomic E-state index is 13.5. The minimum Gasteiger partial charge on any atom is -0.448 e. The second-order valence-corrected chi connectivity index (χ2v) is 11.5. The summed E-state index contributed by atoms with van der Waals surface area (Å²) in [6, 6.07) is 20.1. The number of amides is 2. The largest absolute Gasteiger partial charge is 0.448 e. The van der Waals surface area contributed by atoms with E-state index in [0.717, 1.165) is 53.6 Å². The number of rotatable bonds is 7. The van der Waals surface area contributed by atoms with E-state index in [-0.39, 0.29) is 18.0 Å². The highest BCUT2D eigenvalue weighted by Crippen LogP contribution is 2.42. The van der Waals surface area contributed by atoms with Gasteiger partial charge in [0.2, 0.25) is 5.91 Å². The third-order valence-corrected chi connectivity index (χ3v) is 8.68. The van der Waals surface area contributed by atoms with Crippen molar-refractivity contribution in [1.29, 1.82) is 0 Å². The lowest BCUT2D eigenvalue weighted by Gasteiger charge is -2.41. The summed E-state index contributed by atoms with van der Waals surface area (Å²) in [4.78, 5) is 31.5. The molecule has 2 heterocycles. The summed E-state index contributed by atoms with van der Waals surface area (Å²) >= 11 is 0. The lowest BCUT2D eigenvalue weighted by Crippen LogP contribution is -2.50. The molecule has 0 bridgehead atoms. The summed E-state index contributed by atoms with van der Waals surface area (Å²) in [5, 5.41) is 3.06. The van der Waals surface area contributed by atoms with Gasteiger partial charge in [0.1, 0.15) is 12.8 Å². The van der Waals surface area contributed by atoms with Gasteiger partial charge in [-0.3, -0.25) is 9.78 Å². The number of hydrogen-bond donors (Lipinski definition) is 2. The van der Waals surface area contributed by atoms with E-state index in [1.165, 1.54) is 0 Å². The fourth-order valence-electron chi connectivity index (χ4n) is 6.40. The first-order valence-corrected chi connectivity index (χ1v) is 14.2. The van der Waals surface area contributed by atoms with Gasteiger partial charge in [-0.25, -0.2) is 9.18 Å². The molecule has 3 N–H and O–H groups in total. The van der Waals surface area contributed by atoms with Gasteiger partial charge < -0.3 is 20.7 Å². The normalized spacial score (nSPS) is 26.2. The Kier molecular flexibility index (Phi) is 7.27. The van der Waals surface area contributed by atoms with Crippen LogP contribution in [-0.4, -0.2) is 47.2 Å². The van der Waals surface area contributed by atoms with Gasteiger partial charge in [-0.05, 0) is 48.8 Å². The van der Waals surface area contributed by atoms with E-state index in [1.807, 2.05) is 65.6 Å². The van der Waals surface area contributed by atoms with Crippen molar-refractivity contribution in [1.82, 2.24) is 9.88 Å². The summed E-state index contributed by atoms with van der Waals surface area (Å²) in [6.07, 6.45) is 5.45. The van der Waals surface area contributed by atoms with Crippen LogP contribution in [0, 0.1) is 5.92 Å². The van der Waals surface area contributed by atoms with Gasteiger partial charge in [0.25, 0.3) is 0 Å². The quantitative estimate of drug-likeness (QED) is 0.379. The number of nitrogens with zero attached hydrogens (tertiary/aromatic N) is 2. The number of benzene rings is 2. The first-order chi connectivity index (χ1) is 19.4. The summed E-state index contributed by atoms with van der Waals surface area (Å²) in [6.45, 7) is 1.14. The van der Waals surface area contributed by atoms with Crippen molar-refractivity contribution < 1.29 is 18.7 Å². The Morgan fingerprint density at radius 2 is 1.77 bits per heavy atom. The van der Waals surface area contributed by atoms with Crippen molar-refractivity contribution in [2.75, 3.05) is 18.5 Å². The number of carbonyl (C=O) groups is 2. The summed E-state index contributed by atoms with van der Waals surface area (Å²) in [5.41, 5.74) is 11.0. The zero-order valence-electron chi connectivity index (χ0n) is 22.5. The number of anilines is 1. The van der Waals surface area contributed by atoms with Crippen molar-refractivity contribution in [2.24, 2.45) is 11.7 Å². The molecule has 3 fully saturated rings. The summed E-state index contributed by atoms with van der Waals surface area (Å²) in [5.74, 6) is 0.269. The van der Waals surface area contributed by atoms with E-state index in [4.69, 9.17) is 15.5 Å². The number of aromatic nitrogens is 1. The summed E-state index contributed by atoms with van der Waals surface area (Å²) < 4.78 is 18.6. The number of hydrogen-bond acceptors (Lipinski definition) is 5. The van der Waals surface area contributed by atoms with Crippen LogP contribution in [0.3, 0.4) is 0 Å². The standard InChI is InChI=1S/C32H35FN4O3/c33-25-18-32(34,19-25)24-10-8-23(9-11-24)30-28(22-4-2-1-3-5-22)17-26(20-35-30)36-29(38)16-21-6-12-27(13-7-21)37-14-15-40-31(37)39/h1-5,8-11,17,20-21,25,27H,6-7,12-16,18-19,34H2,(H,36,38)/t21-,25-,27-,32-. The Balaban J connectivity index is 1.15. The average Bonchev–Trinajstić information content (AvgIpc) is 3.39. The van der Waals surface area contributed by atoms with Crippen molar-refractivity contribution in [2.45, 2.75) is 62.7 Å². The number of nitrogens with two attached hydrogens (primary N) is 1. The van der Waals surface area contributed by atoms with Gasteiger partial charge in [0.05, 0.1) is 24.1 Å². The van der Waals surface area contributed by atoms with Gasteiger partial charge >= 0.3 is 6.09 Å². The van der Waals surface area contributed by atoms with Crippen molar-refractivity contribution in [3.05, 3.63) is 72.4 Å². The predicted molar refractivity (Wildman–Crippen MR) is 152 cm³/mol. The highest BCUT2D eigenvalue weighted by Gasteiger charge is 2.42. The Bertz CT molecular complexity index is 1370. The Morgan fingerprint density at radius 3 is 2.42 bits per heavy atom. The second kappa shape index (κ2) is 11.0. The molecule has 2 saturated carbocycles. The lowest BCUT2D eigenvalue weighted by atomic mass is 9.71. The first kappa shape index (κ1) is 26.4. The zero-order valence-corrected chi connectivity index (χ0v) is 22.5. The van der Waals surface area contributed by atoms with Gasteiger partial charge in [-0.2, -0.15) is 0 Å². The van der Waals surface area contributed by atoms with E-state index < -0.39 is 11.7 Å². The molecular weight excluding hydrogens is 507 g/mol. The maximum Gasteiger partial charge on any atom is 0.410 e. The van der Waals surface area contributed by atoms with Crippen LogP contribution in [0.1, 0.15) is 50.5 Å². The Morgan fingerprint density at radius 1 is 1.05 bits per heavy atom. The molecule has 6 rings (SSSR count). The van der Waals surface area contributed by atoms with Crippen LogP contribution in [0.4, 0.5) is 14.9 Å². The third kappa shape index (κ3) is 5.45. The minimum absolute atomic E-state index is 0.0261. The fraction of sp³-hybridized carbons (Fsp3) is 0.406. The molecule has 208 valence electrons. The molecule has 2 aliphatic carbocycles. The van der Waals surface area contributed by atoms with E-state index in [2.05, 4.69) is 5.32 Å². The van der Waals surface area contributed by atoms with Gasteiger partial charge in [-0.1, -0.05) is 54.6 Å². The second-order valence-electron chi connectivity index (χ2n) is 11.5. The van der Waals surface area contributed by atoms with Crippen LogP contribution in [0.25, 0.3) is 22.4 Å². The molecule has 0 radical (unpaired) electrons. The minimum atomic E-state index is -0.829. The van der Waals surface area contributed by atoms with Crippen LogP contribution in [0.15, 0.2) is 66.9 Å². The highest BCUT2D eigenvalue weighted by molar-refractivity contribution is 5.93. The molecule has 0 atom stereocenters. The topological polar surface area (TPSA) is 97.5 Å². The molecule has 7 nitrogen and oxygen atoms in total. The first-order valence-electron chi connectivity index (χ1n) is 14.2. The number of nitrogens with one attached hydrogen (secondary N) is 1. The van der Waals surface area contributed by atoms with Crippen molar-refractivity contribution in [3.63, 3.8) is 0 Å². The van der Waals surface area contributed by atoms with Crippen LogP contribution in [-0.2, 0) is 15.1 Å². The molecule has 0 unspecified atom stereocenters. The fourth-order valence-corrected chi connectivity index (χ4v) is 6.40. The molecule has 3 aromatic rings. The van der Waals surface area contributed by atoms with E-state index in [0.29, 0.717) is 44.0 Å². The van der Waals surface area contributed by atoms with Gasteiger partial charge in [0.15, 0.2) is 0 Å². The van der Waals surface area contributed by atoms with Crippen molar-refractivity contribution in [3.8, 4) is 22.4 Å². The molecule has 8 heteroatoms. The lowest BCUT2D eigenvalue weighted by molar-refractivity contribution is -0.117. The molecule has 3 aliphatic rings. The Labute approximate surface area is 233 Å². The molecule has 1 saturated heterocycles. The van der Waals surface area contributed by atoms with Crippen LogP contribution in [0.5, 0.6) is 0 Å². The van der Waals surface area contributed by atoms with Crippen LogP contribution < -0.4 is 11.1 Å². The number of pyridine rings is 1. The van der Waals surface area contributed by atoms with Crippen LogP contribution >= 0.6 is 0 Å². The van der Waals surface area contributed by atoms with Crippen molar-refractivity contribution >= 4 is 17.7 Å². The average molecular weight is 543 g/mol. The number of carbonyl (C=O) groups excluding carboxylic acids is 2. The predicted octanol–water partition coefficient (Wildman–Crippen LogP) is 6.04. The molecule has 2 aromatic carbocycles. The molecule has 1 aliphatic heterocycles. The maximum absolute atomic E-state index is 13.5.